The van der Waals surface area contributed by atoms with Gasteiger partial charge in [-0.2, -0.15) is 0 Å². The number of nitrogens with one attached hydrogen (secondary N) is 1. The third-order valence-corrected chi connectivity index (χ3v) is 5.56. The van der Waals surface area contributed by atoms with Gasteiger partial charge in [-0.3, -0.25) is 14.3 Å². The first kappa shape index (κ1) is 21.5. The lowest BCUT2D eigenvalue weighted by molar-refractivity contribution is -0.113. The number of benzene rings is 2. The first-order valence-electron chi connectivity index (χ1n) is 9.74. The van der Waals surface area contributed by atoms with E-state index >= 15 is 0 Å². The Bertz CT molecular complexity index is 1230. The Labute approximate surface area is 188 Å². The fourth-order valence-corrected chi connectivity index (χ4v) is 3.81. The molecule has 2 aromatic carbocycles. The molecule has 0 atom stereocenters. The van der Waals surface area contributed by atoms with Crippen molar-refractivity contribution in [1.29, 1.82) is 0 Å². The van der Waals surface area contributed by atoms with Gasteiger partial charge in [-0.05, 0) is 61.0 Å². The second-order valence-electron chi connectivity index (χ2n) is 6.90. The predicted octanol–water partition coefficient (Wildman–Crippen LogP) is 4.52. The summed E-state index contributed by atoms with van der Waals surface area (Å²) in [5, 5.41) is 11.8. The first-order valence-corrected chi connectivity index (χ1v) is 10.7. The number of carbonyl (C=O) groups excluding carboxylic acids is 1. The molecule has 9 heteroatoms. The molecule has 7 nitrogen and oxygen atoms in total. The molecule has 2 heterocycles. The molecule has 4 rings (SSSR count). The zero-order valence-electron chi connectivity index (χ0n) is 17.4. The fraction of sp³-hybridized carbons (Fsp3) is 0.130. The lowest BCUT2D eigenvalue weighted by atomic mass is 10.2. The van der Waals surface area contributed by atoms with E-state index in [0.717, 1.165) is 22.6 Å². The Hall–Kier alpha value is -3.72. The van der Waals surface area contributed by atoms with Gasteiger partial charge in [0, 0.05) is 23.6 Å². The molecule has 2 aromatic heterocycles. The van der Waals surface area contributed by atoms with Gasteiger partial charge in [0.05, 0.1) is 18.6 Å². The average molecular weight is 450 g/mol. The van der Waals surface area contributed by atoms with E-state index in [-0.39, 0.29) is 17.3 Å². The lowest BCUT2D eigenvalue weighted by Crippen LogP contribution is -2.15. The van der Waals surface area contributed by atoms with Crippen molar-refractivity contribution >= 4 is 23.4 Å². The molecule has 0 aliphatic heterocycles. The van der Waals surface area contributed by atoms with Crippen LogP contribution in [-0.2, 0) is 4.79 Å². The summed E-state index contributed by atoms with van der Waals surface area (Å²) in [5.41, 5.74) is 2.58. The van der Waals surface area contributed by atoms with Gasteiger partial charge in [-0.25, -0.2) is 4.39 Å². The van der Waals surface area contributed by atoms with E-state index in [4.69, 9.17) is 4.74 Å². The summed E-state index contributed by atoms with van der Waals surface area (Å²) in [4.78, 5) is 16.5. The van der Waals surface area contributed by atoms with Crippen LogP contribution in [0.4, 0.5) is 10.1 Å². The minimum absolute atomic E-state index is 0.0396. The van der Waals surface area contributed by atoms with Crippen molar-refractivity contribution < 1.29 is 13.9 Å². The van der Waals surface area contributed by atoms with Crippen molar-refractivity contribution in [2.45, 2.75) is 12.1 Å². The molecule has 162 valence electrons. The predicted molar refractivity (Wildman–Crippen MR) is 122 cm³/mol. The monoisotopic (exact) mass is 449 g/mol. The van der Waals surface area contributed by atoms with Crippen LogP contribution in [-0.4, -0.2) is 38.5 Å². The van der Waals surface area contributed by atoms with E-state index in [9.17, 15) is 9.18 Å². The number of methoxy groups -OCH3 is 1. The summed E-state index contributed by atoms with van der Waals surface area (Å²) in [5.74, 6) is 0.570. The van der Waals surface area contributed by atoms with Crippen molar-refractivity contribution in [2.24, 2.45) is 0 Å². The maximum absolute atomic E-state index is 14.0. The number of ether oxygens (including phenoxy) is 1. The summed E-state index contributed by atoms with van der Waals surface area (Å²) < 4.78 is 21.2. The van der Waals surface area contributed by atoms with Gasteiger partial charge in [0.15, 0.2) is 11.0 Å². The number of halogens is 1. The normalized spacial score (nSPS) is 10.7. The molecular formula is C23H20FN5O2S. The van der Waals surface area contributed by atoms with Crippen LogP contribution in [0.5, 0.6) is 5.75 Å². The van der Waals surface area contributed by atoms with Crippen LogP contribution in [0.3, 0.4) is 0 Å². The Morgan fingerprint density at radius 3 is 2.53 bits per heavy atom. The Balaban J connectivity index is 1.59. The molecular weight excluding hydrogens is 429 g/mol. The second-order valence-corrected chi connectivity index (χ2v) is 7.84. The number of nitrogens with zero attached hydrogens (tertiary/aromatic N) is 4. The van der Waals surface area contributed by atoms with E-state index in [2.05, 4.69) is 20.5 Å². The van der Waals surface area contributed by atoms with E-state index in [1.165, 1.54) is 17.8 Å². The number of aryl methyl sites for hydroxylation is 1. The van der Waals surface area contributed by atoms with Crippen molar-refractivity contribution in [1.82, 2.24) is 19.7 Å². The number of thioether (sulfide) groups is 1. The molecule has 0 saturated heterocycles. The van der Waals surface area contributed by atoms with Crippen molar-refractivity contribution in [3.05, 3.63) is 78.4 Å². The van der Waals surface area contributed by atoms with Gasteiger partial charge in [-0.1, -0.05) is 17.8 Å². The molecule has 0 fully saturated rings. The molecule has 0 aliphatic carbocycles. The van der Waals surface area contributed by atoms with Crippen LogP contribution in [0, 0.1) is 12.7 Å². The van der Waals surface area contributed by atoms with Crippen molar-refractivity contribution in [3.63, 3.8) is 0 Å². The smallest absolute Gasteiger partial charge is 0.234 e. The van der Waals surface area contributed by atoms with Crippen LogP contribution in [0.1, 0.15) is 5.56 Å². The minimum Gasteiger partial charge on any atom is -0.497 e. The van der Waals surface area contributed by atoms with Crippen molar-refractivity contribution in [3.8, 4) is 22.8 Å². The number of hydrogen-bond acceptors (Lipinski definition) is 6. The maximum Gasteiger partial charge on any atom is 0.234 e. The van der Waals surface area contributed by atoms with Crippen LogP contribution in [0.15, 0.2) is 72.1 Å². The summed E-state index contributed by atoms with van der Waals surface area (Å²) in [6, 6.07) is 15.8. The third kappa shape index (κ3) is 4.78. The SMILES string of the molecule is COc1ccc(-n2c(SCC(=O)Nc3ccc(C)cc3F)nnc2-c2ccncc2)cc1. The molecule has 4 aromatic rings. The molecule has 0 bridgehead atoms. The molecule has 32 heavy (non-hydrogen) atoms. The molecule has 0 unspecified atom stereocenters. The average Bonchev–Trinajstić information content (AvgIpc) is 3.24. The van der Waals surface area contributed by atoms with Crippen LogP contribution >= 0.6 is 11.8 Å². The number of anilines is 1. The summed E-state index contributed by atoms with van der Waals surface area (Å²) >= 11 is 1.21. The number of amides is 1. The zero-order valence-corrected chi connectivity index (χ0v) is 18.3. The highest BCUT2D eigenvalue weighted by Gasteiger charge is 2.18. The summed E-state index contributed by atoms with van der Waals surface area (Å²) in [6.07, 6.45) is 3.36. The van der Waals surface area contributed by atoms with Gasteiger partial charge in [-0.15, -0.1) is 10.2 Å². The fourth-order valence-electron chi connectivity index (χ4n) is 3.05. The summed E-state index contributed by atoms with van der Waals surface area (Å²) in [7, 11) is 1.60. The number of pyridine rings is 1. The topological polar surface area (TPSA) is 81.9 Å². The zero-order chi connectivity index (χ0) is 22.5. The number of carbonyl (C=O) groups is 1. The van der Waals surface area contributed by atoms with E-state index in [1.54, 1.807) is 38.6 Å². The first-order chi connectivity index (χ1) is 15.5. The largest absolute Gasteiger partial charge is 0.497 e. The highest BCUT2D eigenvalue weighted by molar-refractivity contribution is 7.99. The highest BCUT2D eigenvalue weighted by atomic mass is 32.2. The molecule has 1 N–H and O–H groups in total. The number of aromatic nitrogens is 4. The highest BCUT2D eigenvalue weighted by Crippen LogP contribution is 2.29. The Kier molecular flexibility index (Phi) is 6.46. The molecule has 0 saturated carbocycles. The van der Waals surface area contributed by atoms with Crippen LogP contribution < -0.4 is 10.1 Å². The van der Waals surface area contributed by atoms with E-state index in [0.29, 0.717) is 11.0 Å². The Morgan fingerprint density at radius 2 is 1.84 bits per heavy atom. The molecule has 0 aliphatic rings. The summed E-state index contributed by atoms with van der Waals surface area (Å²) in [6.45, 7) is 1.79. The van der Waals surface area contributed by atoms with Gasteiger partial charge >= 0.3 is 0 Å². The lowest BCUT2D eigenvalue weighted by Gasteiger charge is -2.11. The molecule has 1 amide bonds. The van der Waals surface area contributed by atoms with Crippen LogP contribution in [0.2, 0.25) is 0 Å². The van der Waals surface area contributed by atoms with Crippen LogP contribution in [0.25, 0.3) is 17.1 Å². The number of rotatable bonds is 7. The van der Waals surface area contributed by atoms with E-state index in [1.807, 2.05) is 41.0 Å². The van der Waals surface area contributed by atoms with Gasteiger partial charge < -0.3 is 10.1 Å². The standard InChI is InChI=1S/C23H20FN5O2S/c1-15-3-8-20(19(24)13-15)26-21(30)14-32-23-28-27-22(16-9-11-25-12-10-16)29(23)17-4-6-18(31-2)7-5-17/h3-13H,14H2,1-2H3,(H,26,30). The van der Waals surface area contributed by atoms with Crippen molar-refractivity contribution in [2.75, 3.05) is 18.2 Å². The quantitative estimate of drug-likeness (QED) is 0.418. The third-order valence-electron chi connectivity index (χ3n) is 4.63. The van der Waals surface area contributed by atoms with E-state index < -0.39 is 5.82 Å². The maximum atomic E-state index is 14.0. The Morgan fingerprint density at radius 1 is 1.09 bits per heavy atom. The minimum atomic E-state index is -0.468. The van der Waals surface area contributed by atoms with Gasteiger partial charge in [0.1, 0.15) is 11.6 Å². The number of hydrogen-bond donors (Lipinski definition) is 1. The second kappa shape index (κ2) is 9.61. The molecule has 0 radical (unpaired) electrons. The van der Waals surface area contributed by atoms with Gasteiger partial charge in [0.2, 0.25) is 5.91 Å². The van der Waals surface area contributed by atoms with Gasteiger partial charge in [0.25, 0.3) is 0 Å². The molecule has 0 spiro atoms.